The standard InChI is InChI=1S/C8H8O3.3C4H9.Sn/c9-7(8(10)11)6-4-2-1-3-5-6;3*1-3-4-2;/h1-5,7,9H,(H,10,11);3*1,3-4H2,2H3;/q;;;;+1/p-1/t7-;;;;/m1..../s1. The number of hydrogen-bond donors (Lipinski definition) is 1. The molecule has 0 heterocycles. The van der Waals surface area contributed by atoms with Gasteiger partial charge in [-0.1, -0.05) is 0 Å². The van der Waals surface area contributed by atoms with Crippen LogP contribution in [0.5, 0.6) is 0 Å². The zero-order chi connectivity index (χ0) is 17.8. The van der Waals surface area contributed by atoms with Crippen molar-refractivity contribution in [2.45, 2.75) is 78.7 Å². The third-order valence-electron chi connectivity index (χ3n) is 4.61. The zero-order valence-corrected chi connectivity index (χ0v) is 18.4. The number of aliphatic hydroxyl groups excluding tert-OH is 1. The Kier molecular flexibility index (Phi) is 10.7. The molecule has 0 aliphatic carbocycles. The summed E-state index contributed by atoms with van der Waals surface area (Å²) in [6.45, 7) is 6.57. The Morgan fingerprint density at radius 2 is 1.42 bits per heavy atom. The predicted molar refractivity (Wildman–Crippen MR) is 102 cm³/mol. The first kappa shape index (κ1) is 21.5. The molecule has 1 N–H and O–H groups in total. The van der Waals surface area contributed by atoms with E-state index < -0.39 is 30.9 Å². The molecule has 0 fully saturated rings. The van der Waals surface area contributed by atoms with Crippen molar-refractivity contribution in [2.75, 3.05) is 0 Å². The van der Waals surface area contributed by atoms with E-state index >= 15 is 0 Å². The molecule has 1 rings (SSSR count). The van der Waals surface area contributed by atoms with Gasteiger partial charge in [-0.15, -0.1) is 0 Å². The van der Waals surface area contributed by atoms with Gasteiger partial charge in [-0.05, 0) is 0 Å². The first-order chi connectivity index (χ1) is 11.6. The van der Waals surface area contributed by atoms with E-state index in [9.17, 15) is 9.90 Å². The van der Waals surface area contributed by atoms with Crippen molar-refractivity contribution in [1.82, 2.24) is 0 Å². The van der Waals surface area contributed by atoms with Gasteiger partial charge < -0.3 is 0 Å². The van der Waals surface area contributed by atoms with E-state index in [1.807, 2.05) is 18.2 Å². The summed E-state index contributed by atoms with van der Waals surface area (Å²) in [6.07, 6.45) is 5.67. The fraction of sp³-hybridized carbons (Fsp3) is 0.650. The van der Waals surface area contributed by atoms with E-state index in [2.05, 4.69) is 20.8 Å². The van der Waals surface area contributed by atoms with Crippen molar-refractivity contribution >= 4 is 24.8 Å². The molecule has 0 amide bonds. The van der Waals surface area contributed by atoms with Gasteiger partial charge in [-0.2, -0.15) is 0 Å². The molecule has 0 aliphatic heterocycles. The molecular weight excluding hydrogens is 407 g/mol. The van der Waals surface area contributed by atoms with Crippen LogP contribution >= 0.6 is 0 Å². The number of aliphatic hydroxyl groups is 1. The van der Waals surface area contributed by atoms with Crippen LogP contribution in [0.1, 0.15) is 71.0 Å². The molecule has 0 radical (unpaired) electrons. The number of hydrogen-bond acceptors (Lipinski definition) is 3. The zero-order valence-electron chi connectivity index (χ0n) is 15.6. The second-order valence-corrected chi connectivity index (χ2v) is 18.3. The number of carbonyl (C=O) groups is 1. The first-order valence-corrected chi connectivity index (χ1v) is 16.8. The van der Waals surface area contributed by atoms with Crippen LogP contribution in [0, 0.1) is 0 Å². The Bertz CT molecular complexity index is 439. The summed E-state index contributed by atoms with van der Waals surface area (Å²) >= 11 is -3.00. The van der Waals surface area contributed by atoms with Crippen molar-refractivity contribution in [2.24, 2.45) is 0 Å². The minimum absolute atomic E-state index is 0.416. The molecule has 0 aliphatic rings. The summed E-state index contributed by atoms with van der Waals surface area (Å²) in [5, 5.41) is 10.4. The van der Waals surface area contributed by atoms with Gasteiger partial charge in [0.2, 0.25) is 0 Å². The molecule has 136 valence electrons. The fourth-order valence-corrected chi connectivity index (χ4v) is 16.2. The predicted octanol–water partition coefficient (Wildman–Crippen LogP) is 5.61. The fourth-order valence-electron chi connectivity index (χ4n) is 3.07. The van der Waals surface area contributed by atoms with Crippen LogP contribution in [0.15, 0.2) is 30.3 Å². The Morgan fingerprint density at radius 1 is 0.958 bits per heavy atom. The monoisotopic (exact) mass is 442 g/mol. The third-order valence-corrected chi connectivity index (χ3v) is 17.3. The van der Waals surface area contributed by atoms with Crippen LogP contribution in [-0.4, -0.2) is 29.9 Å². The Balaban J connectivity index is 2.88. The number of carbonyl (C=O) groups excluding carboxylic acids is 1. The van der Waals surface area contributed by atoms with Crippen molar-refractivity contribution in [3.63, 3.8) is 0 Å². The summed E-state index contributed by atoms with van der Waals surface area (Å²) in [6, 6.07) is 9.14. The second kappa shape index (κ2) is 11.9. The van der Waals surface area contributed by atoms with E-state index in [0.717, 1.165) is 51.8 Å². The van der Waals surface area contributed by atoms with E-state index in [0.29, 0.717) is 5.56 Å². The van der Waals surface area contributed by atoms with Gasteiger partial charge in [0, 0.05) is 0 Å². The molecule has 0 bridgehead atoms. The van der Waals surface area contributed by atoms with Crippen LogP contribution in [0.2, 0.25) is 13.3 Å². The van der Waals surface area contributed by atoms with Crippen LogP contribution in [-0.2, 0) is 7.87 Å². The molecule has 1 aromatic rings. The molecule has 24 heavy (non-hydrogen) atoms. The summed E-state index contributed by atoms with van der Waals surface area (Å²) in [5.41, 5.74) is 0.629. The maximum atomic E-state index is 12.6. The van der Waals surface area contributed by atoms with Crippen molar-refractivity contribution in [3.8, 4) is 0 Å². The topological polar surface area (TPSA) is 46.5 Å². The summed E-state index contributed by atoms with van der Waals surface area (Å²) < 4.78 is 9.47. The SMILES string of the molecule is CCC[CH2][Sn]([CH2]CCC)([CH2]CCC)[O]C(=O)[C@H](O)c1ccccc1. The Morgan fingerprint density at radius 3 is 1.83 bits per heavy atom. The maximum absolute atomic E-state index is 12.6. The Labute approximate surface area is 152 Å². The summed E-state index contributed by atoms with van der Waals surface area (Å²) in [7, 11) is 0. The van der Waals surface area contributed by atoms with Crippen molar-refractivity contribution in [3.05, 3.63) is 35.9 Å². The van der Waals surface area contributed by atoms with Gasteiger partial charge >= 0.3 is 152 Å². The average Bonchev–Trinajstić information content (AvgIpc) is 2.62. The molecule has 1 atom stereocenters. The average molecular weight is 441 g/mol. The molecule has 0 aromatic heterocycles. The molecule has 0 saturated carbocycles. The summed E-state index contributed by atoms with van der Waals surface area (Å²) in [4.78, 5) is 12.6. The van der Waals surface area contributed by atoms with Gasteiger partial charge in [0.25, 0.3) is 0 Å². The number of rotatable bonds is 12. The molecule has 3 nitrogen and oxygen atoms in total. The second-order valence-electron chi connectivity index (χ2n) is 6.73. The van der Waals surface area contributed by atoms with Crippen LogP contribution in [0.4, 0.5) is 0 Å². The summed E-state index contributed by atoms with van der Waals surface area (Å²) in [5.74, 6) is -0.416. The van der Waals surface area contributed by atoms with Gasteiger partial charge in [-0.25, -0.2) is 0 Å². The van der Waals surface area contributed by atoms with Gasteiger partial charge in [0.05, 0.1) is 0 Å². The molecular formula is C20H34O3Sn. The van der Waals surface area contributed by atoms with E-state index in [1.54, 1.807) is 12.1 Å². The molecule has 4 heteroatoms. The third kappa shape index (κ3) is 7.14. The normalized spacial score (nSPS) is 12.8. The number of benzene rings is 1. The van der Waals surface area contributed by atoms with Crippen LogP contribution in [0.25, 0.3) is 0 Å². The van der Waals surface area contributed by atoms with E-state index in [-0.39, 0.29) is 0 Å². The van der Waals surface area contributed by atoms with Gasteiger partial charge in [0.1, 0.15) is 0 Å². The van der Waals surface area contributed by atoms with Gasteiger partial charge in [0.15, 0.2) is 0 Å². The molecule has 1 aromatic carbocycles. The molecule has 0 spiro atoms. The van der Waals surface area contributed by atoms with E-state index in [1.165, 1.54) is 0 Å². The van der Waals surface area contributed by atoms with Gasteiger partial charge in [-0.3, -0.25) is 0 Å². The Hall–Kier alpha value is -0.551. The van der Waals surface area contributed by atoms with Crippen molar-refractivity contribution < 1.29 is 13.0 Å². The molecule has 0 unspecified atom stereocenters. The van der Waals surface area contributed by atoms with Crippen molar-refractivity contribution in [1.29, 1.82) is 0 Å². The number of unbranched alkanes of at least 4 members (excludes halogenated alkanes) is 3. The van der Waals surface area contributed by atoms with Crippen LogP contribution < -0.4 is 0 Å². The quantitative estimate of drug-likeness (QED) is 0.429. The first-order valence-electron chi connectivity index (χ1n) is 9.54. The molecule has 0 saturated heterocycles. The van der Waals surface area contributed by atoms with Crippen LogP contribution in [0.3, 0.4) is 0 Å². The van der Waals surface area contributed by atoms with E-state index in [4.69, 9.17) is 3.07 Å². The minimum atomic E-state index is -3.00.